The standard InChI is InChI=1S/C14H25N3OS/c1-15-10-13-12(11-18-2)16-14(19-13)17-8-6-4-3-5-7-9-17/h15H,3-11H2,1-2H3. The summed E-state index contributed by atoms with van der Waals surface area (Å²) in [5, 5.41) is 4.40. The molecule has 1 fully saturated rings. The Hall–Kier alpha value is -0.650. The van der Waals surface area contributed by atoms with Crippen molar-refractivity contribution in [2.45, 2.75) is 45.3 Å². The molecule has 0 atom stereocenters. The maximum Gasteiger partial charge on any atom is 0.185 e. The summed E-state index contributed by atoms with van der Waals surface area (Å²) in [6.07, 6.45) is 6.69. The molecule has 108 valence electrons. The third kappa shape index (κ3) is 4.16. The van der Waals surface area contributed by atoms with Gasteiger partial charge in [-0.05, 0) is 19.9 Å². The summed E-state index contributed by atoms with van der Waals surface area (Å²) < 4.78 is 5.26. The molecule has 5 heteroatoms. The van der Waals surface area contributed by atoms with Crippen LogP contribution in [-0.2, 0) is 17.9 Å². The normalized spacial score (nSPS) is 17.3. The van der Waals surface area contributed by atoms with Crippen LogP contribution < -0.4 is 10.2 Å². The van der Waals surface area contributed by atoms with Crippen LogP contribution in [0.3, 0.4) is 0 Å². The van der Waals surface area contributed by atoms with Crippen molar-refractivity contribution in [1.82, 2.24) is 10.3 Å². The Labute approximate surface area is 120 Å². The Morgan fingerprint density at radius 3 is 2.53 bits per heavy atom. The fraction of sp³-hybridized carbons (Fsp3) is 0.786. The molecule has 1 aromatic rings. The smallest absolute Gasteiger partial charge is 0.185 e. The molecule has 1 N–H and O–H groups in total. The van der Waals surface area contributed by atoms with Crippen molar-refractivity contribution in [3.8, 4) is 0 Å². The van der Waals surface area contributed by atoms with Crippen LogP contribution in [0.4, 0.5) is 5.13 Å². The number of aromatic nitrogens is 1. The molecule has 0 amide bonds. The third-order valence-corrected chi connectivity index (χ3v) is 4.67. The van der Waals surface area contributed by atoms with Crippen molar-refractivity contribution >= 4 is 16.5 Å². The molecule has 2 rings (SSSR count). The van der Waals surface area contributed by atoms with Crippen LogP contribution in [-0.4, -0.2) is 32.2 Å². The van der Waals surface area contributed by atoms with E-state index in [-0.39, 0.29) is 0 Å². The Balaban J connectivity index is 2.10. The Morgan fingerprint density at radius 1 is 1.21 bits per heavy atom. The number of hydrogen-bond donors (Lipinski definition) is 1. The number of nitrogens with zero attached hydrogens (tertiary/aromatic N) is 2. The van der Waals surface area contributed by atoms with Crippen LogP contribution in [0.5, 0.6) is 0 Å². The minimum Gasteiger partial charge on any atom is -0.378 e. The first-order valence-electron chi connectivity index (χ1n) is 7.22. The lowest BCUT2D eigenvalue weighted by Gasteiger charge is -2.23. The fourth-order valence-corrected chi connectivity index (χ4v) is 3.62. The first-order valence-corrected chi connectivity index (χ1v) is 8.04. The van der Waals surface area contributed by atoms with Gasteiger partial charge in [0.15, 0.2) is 5.13 Å². The average Bonchev–Trinajstić information content (AvgIpc) is 2.73. The number of thiazole rings is 1. The van der Waals surface area contributed by atoms with Crippen LogP contribution >= 0.6 is 11.3 Å². The molecule has 4 nitrogen and oxygen atoms in total. The number of methoxy groups -OCH3 is 1. The Morgan fingerprint density at radius 2 is 1.89 bits per heavy atom. The lowest BCUT2D eigenvalue weighted by Crippen LogP contribution is -2.26. The maximum absolute atomic E-state index is 5.26. The average molecular weight is 283 g/mol. The summed E-state index contributed by atoms with van der Waals surface area (Å²) >= 11 is 1.82. The summed E-state index contributed by atoms with van der Waals surface area (Å²) in [7, 11) is 3.71. The van der Waals surface area contributed by atoms with Gasteiger partial charge in [0.2, 0.25) is 0 Å². The lowest BCUT2D eigenvalue weighted by molar-refractivity contribution is 0.181. The van der Waals surface area contributed by atoms with E-state index in [2.05, 4.69) is 10.2 Å². The van der Waals surface area contributed by atoms with Gasteiger partial charge in [-0.2, -0.15) is 0 Å². The predicted octanol–water partition coefficient (Wildman–Crippen LogP) is 2.78. The number of ether oxygens (including phenoxy) is 1. The molecule has 1 aromatic heterocycles. The lowest BCUT2D eigenvalue weighted by atomic mass is 10.1. The zero-order chi connectivity index (χ0) is 13.5. The van der Waals surface area contributed by atoms with Crippen molar-refractivity contribution in [2.75, 3.05) is 32.1 Å². The van der Waals surface area contributed by atoms with Crippen molar-refractivity contribution in [3.63, 3.8) is 0 Å². The molecule has 2 heterocycles. The second-order valence-corrected chi connectivity index (χ2v) is 6.15. The number of nitrogens with one attached hydrogen (secondary N) is 1. The van der Waals surface area contributed by atoms with E-state index in [0.717, 1.165) is 25.3 Å². The van der Waals surface area contributed by atoms with Crippen molar-refractivity contribution in [2.24, 2.45) is 0 Å². The highest BCUT2D eigenvalue weighted by Crippen LogP contribution is 2.28. The van der Waals surface area contributed by atoms with Crippen molar-refractivity contribution in [1.29, 1.82) is 0 Å². The number of rotatable bonds is 5. The van der Waals surface area contributed by atoms with Gasteiger partial charge in [-0.15, -0.1) is 11.3 Å². The molecular formula is C14H25N3OS. The minimum atomic E-state index is 0.612. The molecular weight excluding hydrogens is 258 g/mol. The van der Waals surface area contributed by atoms with Gasteiger partial charge in [0.25, 0.3) is 0 Å². The van der Waals surface area contributed by atoms with Crippen LogP contribution in [0.15, 0.2) is 0 Å². The molecule has 0 bridgehead atoms. The molecule has 1 aliphatic heterocycles. The first kappa shape index (κ1) is 14.8. The fourth-order valence-electron chi connectivity index (χ4n) is 2.49. The van der Waals surface area contributed by atoms with Gasteiger partial charge in [0, 0.05) is 31.6 Å². The molecule has 0 radical (unpaired) electrons. The highest BCUT2D eigenvalue weighted by molar-refractivity contribution is 7.15. The van der Waals surface area contributed by atoms with Crippen molar-refractivity contribution < 1.29 is 4.74 Å². The summed E-state index contributed by atoms with van der Waals surface area (Å²) in [5.41, 5.74) is 1.10. The van der Waals surface area contributed by atoms with Crippen LogP contribution in [0.2, 0.25) is 0 Å². The third-order valence-electron chi connectivity index (χ3n) is 3.51. The van der Waals surface area contributed by atoms with E-state index in [4.69, 9.17) is 9.72 Å². The van der Waals surface area contributed by atoms with Gasteiger partial charge in [-0.25, -0.2) is 4.98 Å². The minimum absolute atomic E-state index is 0.612. The molecule has 0 aliphatic carbocycles. The SMILES string of the molecule is CNCc1sc(N2CCCCCCC2)nc1COC. The number of anilines is 1. The predicted molar refractivity (Wildman–Crippen MR) is 80.9 cm³/mol. The summed E-state index contributed by atoms with van der Waals surface area (Å²) in [6.45, 7) is 3.80. The van der Waals surface area contributed by atoms with Gasteiger partial charge in [0.05, 0.1) is 12.3 Å². The van der Waals surface area contributed by atoms with Gasteiger partial charge < -0.3 is 15.0 Å². The summed E-state index contributed by atoms with van der Waals surface area (Å²) in [5.74, 6) is 0. The highest BCUT2D eigenvalue weighted by atomic mass is 32.1. The maximum atomic E-state index is 5.26. The second-order valence-electron chi connectivity index (χ2n) is 5.08. The monoisotopic (exact) mass is 283 g/mol. The van der Waals surface area contributed by atoms with Gasteiger partial charge in [-0.1, -0.05) is 19.3 Å². The zero-order valence-corrected chi connectivity index (χ0v) is 12.9. The van der Waals surface area contributed by atoms with E-state index >= 15 is 0 Å². The number of hydrogen-bond acceptors (Lipinski definition) is 5. The second kappa shape index (κ2) is 7.82. The molecule has 0 saturated carbocycles. The van der Waals surface area contributed by atoms with E-state index in [1.807, 2.05) is 18.4 Å². The van der Waals surface area contributed by atoms with E-state index in [9.17, 15) is 0 Å². The van der Waals surface area contributed by atoms with E-state index in [1.54, 1.807) is 7.11 Å². The summed E-state index contributed by atoms with van der Waals surface area (Å²) in [4.78, 5) is 8.56. The molecule has 19 heavy (non-hydrogen) atoms. The summed E-state index contributed by atoms with van der Waals surface area (Å²) in [6, 6.07) is 0. The molecule has 0 spiro atoms. The van der Waals surface area contributed by atoms with Gasteiger partial charge in [-0.3, -0.25) is 0 Å². The van der Waals surface area contributed by atoms with E-state index < -0.39 is 0 Å². The van der Waals surface area contributed by atoms with Crippen LogP contribution in [0.25, 0.3) is 0 Å². The molecule has 0 unspecified atom stereocenters. The van der Waals surface area contributed by atoms with Crippen molar-refractivity contribution in [3.05, 3.63) is 10.6 Å². The van der Waals surface area contributed by atoms with Crippen LogP contribution in [0.1, 0.15) is 42.7 Å². The first-order chi connectivity index (χ1) is 9.35. The molecule has 1 saturated heterocycles. The molecule has 0 aromatic carbocycles. The Kier molecular flexibility index (Phi) is 6.07. The zero-order valence-electron chi connectivity index (χ0n) is 12.1. The largest absolute Gasteiger partial charge is 0.378 e. The van der Waals surface area contributed by atoms with Gasteiger partial charge in [0.1, 0.15) is 0 Å². The quantitative estimate of drug-likeness (QED) is 0.901. The molecule has 1 aliphatic rings. The van der Waals surface area contributed by atoms with Crippen LogP contribution in [0, 0.1) is 0 Å². The van der Waals surface area contributed by atoms with E-state index in [0.29, 0.717) is 6.61 Å². The Bertz CT molecular complexity index is 349. The van der Waals surface area contributed by atoms with Gasteiger partial charge >= 0.3 is 0 Å². The topological polar surface area (TPSA) is 37.4 Å². The van der Waals surface area contributed by atoms with E-state index in [1.165, 1.54) is 42.1 Å². The highest BCUT2D eigenvalue weighted by Gasteiger charge is 2.16.